The van der Waals surface area contributed by atoms with Crippen molar-refractivity contribution in [2.45, 2.75) is 32.9 Å². The number of hydrogen-bond acceptors (Lipinski definition) is 5. The quantitative estimate of drug-likeness (QED) is 0.328. The Kier molecular flexibility index (Phi) is 6.39. The molecule has 2 aromatic carbocycles. The van der Waals surface area contributed by atoms with Gasteiger partial charge in [-0.15, -0.1) is 0 Å². The second-order valence-corrected chi connectivity index (χ2v) is 9.12. The summed E-state index contributed by atoms with van der Waals surface area (Å²) in [5.74, 6) is -0.127. The SMILES string of the molecule is CC(C)(C)OC(=O)NCc1cc2cc(-c3ccc(C(=O)c4ccc(F)cc4)cn3)cc(Cl)c2o1. The molecule has 4 rings (SSSR count). The third-order valence-corrected chi connectivity index (χ3v) is 5.14. The molecule has 174 valence electrons. The Bertz CT molecular complexity index is 1360. The van der Waals surface area contributed by atoms with Crippen LogP contribution >= 0.6 is 11.6 Å². The zero-order valence-corrected chi connectivity index (χ0v) is 19.6. The zero-order chi connectivity index (χ0) is 24.5. The molecule has 0 bridgehead atoms. The molecular weight excluding hydrogens is 459 g/mol. The van der Waals surface area contributed by atoms with Crippen molar-refractivity contribution in [1.82, 2.24) is 10.3 Å². The first kappa shape index (κ1) is 23.4. The van der Waals surface area contributed by atoms with E-state index in [4.69, 9.17) is 20.8 Å². The van der Waals surface area contributed by atoms with Crippen molar-refractivity contribution in [3.05, 3.63) is 88.5 Å². The van der Waals surface area contributed by atoms with Gasteiger partial charge in [0, 0.05) is 28.3 Å². The van der Waals surface area contributed by atoms with E-state index in [1.165, 1.54) is 30.5 Å². The van der Waals surface area contributed by atoms with Crippen LogP contribution in [0.5, 0.6) is 0 Å². The van der Waals surface area contributed by atoms with E-state index in [9.17, 15) is 14.0 Å². The maximum atomic E-state index is 13.1. The van der Waals surface area contributed by atoms with Crippen LogP contribution in [0.3, 0.4) is 0 Å². The Labute approximate surface area is 200 Å². The molecule has 0 aliphatic carbocycles. The van der Waals surface area contributed by atoms with Crippen LogP contribution in [-0.2, 0) is 11.3 Å². The van der Waals surface area contributed by atoms with Gasteiger partial charge in [0.15, 0.2) is 11.4 Å². The fourth-order valence-electron chi connectivity index (χ4n) is 3.34. The number of carbonyl (C=O) groups excluding carboxylic acids is 2. The maximum absolute atomic E-state index is 13.1. The minimum Gasteiger partial charge on any atom is -0.458 e. The number of rotatable bonds is 5. The minimum atomic E-state index is -0.595. The highest BCUT2D eigenvalue weighted by atomic mass is 35.5. The van der Waals surface area contributed by atoms with E-state index in [0.717, 1.165) is 10.9 Å². The molecule has 4 aromatic rings. The summed E-state index contributed by atoms with van der Waals surface area (Å²) in [5, 5.41) is 3.79. The summed E-state index contributed by atoms with van der Waals surface area (Å²) in [4.78, 5) is 28.9. The van der Waals surface area contributed by atoms with E-state index >= 15 is 0 Å². The number of carbonyl (C=O) groups is 2. The predicted molar refractivity (Wildman–Crippen MR) is 127 cm³/mol. The van der Waals surface area contributed by atoms with Crippen molar-refractivity contribution in [1.29, 1.82) is 0 Å². The van der Waals surface area contributed by atoms with Crippen LogP contribution in [0.25, 0.3) is 22.2 Å². The molecule has 0 atom stereocenters. The Balaban J connectivity index is 1.52. The van der Waals surface area contributed by atoms with E-state index < -0.39 is 17.5 Å². The third-order valence-electron chi connectivity index (χ3n) is 4.86. The molecule has 0 radical (unpaired) electrons. The summed E-state index contributed by atoms with van der Waals surface area (Å²) in [6.45, 7) is 5.50. The van der Waals surface area contributed by atoms with Gasteiger partial charge in [-0.3, -0.25) is 9.78 Å². The van der Waals surface area contributed by atoms with Gasteiger partial charge in [0.2, 0.25) is 0 Å². The molecule has 0 aliphatic rings. The van der Waals surface area contributed by atoms with Crippen LogP contribution in [0.4, 0.5) is 9.18 Å². The van der Waals surface area contributed by atoms with Crippen molar-refractivity contribution in [2.24, 2.45) is 0 Å². The number of benzene rings is 2. The molecule has 2 heterocycles. The Hall–Kier alpha value is -3.71. The topological polar surface area (TPSA) is 81.4 Å². The number of ketones is 1. The van der Waals surface area contributed by atoms with Gasteiger partial charge in [0.25, 0.3) is 0 Å². The first-order valence-electron chi connectivity index (χ1n) is 10.5. The third kappa shape index (κ3) is 5.43. The number of amides is 1. The Morgan fingerprint density at radius 3 is 2.41 bits per heavy atom. The van der Waals surface area contributed by atoms with Crippen molar-refractivity contribution < 1.29 is 23.1 Å². The van der Waals surface area contributed by atoms with Crippen molar-refractivity contribution in [3.63, 3.8) is 0 Å². The van der Waals surface area contributed by atoms with Gasteiger partial charge in [-0.1, -0.05) is 11.6 Å². The summed E-state index contributed by atoms with van der Waals surface area (Å²) in [6, 6.07) is 14.1. The summed E-state index contributed by atoms with van der Waals surface area (Å²) >= 11 is 6.43. The average molecular weight is 481 g/mol. The summed E-state index contributed by atoms with van der Waals surface area (Å²) in [7, 11) is 0. The lowest BCUT2D eigenvalue weighted by atomic mass is 10.0. The van der Waals surface area contributed by atoms with Crippen molar-refractivity contribution in [2.75, 3.05) is 0 Å². The summed E-state index contributed by atoms with van der Waals surface area (Å²) in [6.07, 6.45) is 0.934. The zero-order valence-electron chi connectivity index (χ0n) is 18.8. The number of aromatic nitrogens is 1. The molecule has 6 nitrogen and oxygen atoms in total. The highest BCUT2D eigenvalue weighted by Crippen LogP contribution is 2.32. The van der Waals surface area contributed by atoms with Crippen molar-refractivity contribution in [3.8, 4) is 11.3 Å². The second kappa shape index (κ2) is 9.27. The molecule has 0 fully saturated rings. The van der Waals surface area contributed by atoms with Gasteiger partial charge in [0.05, 0.1) is 17.3 Å². The van der Waals surface area contributed by atoms with Crippen LogP contribution in [0.15, 0.2) is 65.2 Å². The smallest absolute Gasteiger partial charge is 0.408 e. The predicted octanol–water partition coefficient (Wildman–Crippen LogP) is 6.54. The Morgan fingerprint density at radius 2 is 1.76 bits per heavy atom. The van der Waals surface area contributed by atoms with Crippen LogP contribution in [0, 0.1) is 5.82 Å². The number of hydrogen-bond donors (Lipinski definition) is 1. The highest BCUT2D eigenvalue weighted by molar-refractivity contribution is 6.35. The summed E-state index contributed by atoms with van der Waals surface area (Å²) < 4.78 is 24.1. The number of nitrogens with one attached hydrogen (secondary N) is 1. The van der Waals surface area contributed by atoms with Crippen LogP contribution in [-0.4, -0.2) is 22.5 Å². The fraction of sp³-hybridized carbons (Fsp3) is 0.192. The van der Waals surface area contributed by atoms with E-state index in [1.807, 2.05) is 6.07 Å². The molecule has 34 heavy (non-hydrogen) atoms. The number of halogens is 2. The van der Waals surface area contributed by atoms with Gasteiger partial charge < -0.3 is 14.5 Å². The lowest BCUT2D eigenvalue weighted by molar-refractivity contribution is 0.0520. The molecule has 8 heteroatoms. The van der Waals surface area contributed by atoms with Crippen molar-refractivity contribution >= 4 is 34.4 Å². The van der Waals surface area contributed by atoms with Gasteiger partial charge in [-0.05, 0) is 75.4 Å². The number of nitrogens with zero attached hydrogens (tertiary/aromatic N) is 1. The molecule has 0 saturated heterocycles. The molecule has 0 unspecified atom stereocenters. The molecular formula is C26H22ClFN2O4. The molecule has 2 aromatic heterocycles. The van der Waals surface area contributed by atoms with Crippen LogP contribution in [0.1, 0.15) is 42.5 Å². The number of pyridine rings is 1. The maximum Gasteiger partial charge on any atom is 0.408 e. The first-order chi connectivity index (χ1) is 16.1. The van der Waals surface area contributed by atoms with Gasteiger partial charge in [-0.2, -0.15) is 0 Å². The Morgan fingerprint density at radius 1 is 1.06 bits per heavy atom. The number of alkyl carbamates (subject to hydrolysis) is 1. The molecule has 0 saturated carbocycles. The normalized spacial score (nSPS) is 11.4. The second-order valence-electron chi connectivity index (χ2n) is 8.71. The molecule has 1 amide bonds. The summed E-state index contributed by atoms with van der Waals surface area (Å²) in [5.41, 5.74) is 2.03. The average Bonchev–Trinajstić information content (AvgIpc) is 3.20. The van der Waals surface area contributed by atoms with Gasteiger partial charge >= 0.3 is 6.09 Å². The number of furan rings is 1. The van der Waals surface area contributed by atoms with E-state index in [1.54, 1.807) is 45.0 Å². The largest absolute Gasteiger partial charge is 0.458 e. The van der Waals surface area contributed by atoms with E-state index in [2.05, 4.69) is 10.3 Å². The highest BCUT2D eigenvalue weighted by Gasteiger charge is 2.17. The van der Waals surface area contributed by atoms with Crippen LogP contribution < -0.4 is 5.32 Å². The molecule has 0 spiro atoms. The molecule has 0 aliphatic heterocycles. The lowest BCUT2D eigenvalue weighted by Crippen LogP contribution is -2.32. The van der Waals surface area contributed by atoms with E-state index in [0.29, 0.717) is 33.2 Å². The minimum absolute atomic E-state index is 0.147. The number of fused-ring (bicyclic) bond motifs is 1. The van der Waals surface area contributed by atoms with Crippen LogP contribution in [0.2, 0.25) is 5.02 Å². The fourth-order valence-corrected chi connectivity index (χ4v) is 3.60. The van der Waals surface area contributed by atoms with E-state index in [-0.39, 0.29) is 12.3 Å². The van der Waals surface area contributed by atoms with Gasteiger partial charge in [0.1, 0.15) is 17.2 Å². The number of ether oxygens (including phenoxy) is 1. The first-order valence-corrected chi connectivity index (χ1v) is 10.9. The lowest BCUT2D eigenvalue weighted by Gasteiger charge is -2.19. The molecule has 1 N–H and O–H groups in total. The van der Waals surface area contributed by atoms with Gasteiger partial charge in [-0.25, -0.2) is 9.18 Å². The monoisotopic (exact) mass is 480 g/mol. The standard InChI is InChI=1S/C26H22ClFN2O4/c1-26(2,3)34-25(32)30-14-20-11-18-10-17(12-21(27)24(18)33-20)22-9-6-16(13-29-22)23(31)15-4-7-19(28)8-5-15/h4-13H,14H2,1-3H3,(H,30,32).